The van der Waals surface area contributed by atoms with Crippen LogP contribution in [0.5, 0.6) is 0 Å². The molecule has 1 amide bonds. The van der Waals surface area contributed by atoms with Crippen LogP contribution in [-0.4, -0.2) is 39.0 Å². The summed E-state index contributed by atoms with van der Waals surface area (Å²) in [7, 11) is 0. The molecule has 4 N–H and O–H groups in total. The van der Waals surface area contributed by atoms with E-state index in [1.54, 1.807) is 6.20 Å². The van der Waals surface area contributed by atoms with Crippen molar-refractivity contribution in [3.63, 3.8) is 0 Å². The van der Waals surface area contributed by atoms with Gasteiger partial charge >= 0.3 is 0 Å². The topological polar surface area (TPSA) is 125 Å². The molecule has 0 fully saturated rings. The first-order valence-corrected chi connectivity index (χ1v) is 9.91. The standard InChI is InChI=1S/C21H20N6O3S/c28-19(7-4-15-2-5-17(6-3-15)27(29)30)22-10-1-11-25-21(31)26-14-16-8-12-23-20-18(16)9-13-24-20/h2-3,5-6,8-9,12-13H,1,10-11,14H2,(H,22,28)(H,23,24)(H2,25,26,31). The van der Waals surface area contributed by atoms with Gasteiger partial charge in [-0.2, -0.15) is 0 Å². The third-order valence-corrected chi connectivity index (χ3v) is 4.60. The lowest BCUT2D eigenvalue weighted by molar-refractivity contribution is -0.384. The number of H-pyrrole nitrogens is 1. The lowest BCUT2D eigenvalue weighted by Crippen LogP contribution is -2.36. The van der Waals surface area contributed by atoms with Gasteiger partial charge in [-0.3, -0.25) is 14.9 Å². The average molecular weight is 436 g/mol. The second kappa shape index (κ2) is 10.7. The van der Waals surface area contributed by atoms with E-state index in [2.05, 4.69) is 37.8 Å². The van der Waals surface area contributed by atoms with Gasteiger partial charge in [-0.25, -0.2) is 4.98 Å². The minimum absolute atomic E-state index is 0.0200. The number of carbonyl (C=O) groups is 1. The summed E-state index contributed by atoms with van der Waals surface area (Å²) in [6, 6.07) is 9.62. The van der Waals surface area contributed by atoms with Gasteiger partial charge in [0.25, 0.3) is 11.6 Å². The number of nitrogens with zero attached hydrogens (tertiary/aromatic N) is 2. The number of nitro benzene ring substituents is 1. The Morgan fingerprint density at radius 1 is 1.13 bits per heavy atom. The molecule has 0 radical (unpaired) electrons. The highest BCUT2D eigenvalue weighted by atomic mass is 32.1. The largest absolute Gasteiger partial charge is 0.363 e. The molecule has 0 bridgehead atoms. The number of hydrogen-bond acceptors (Lipinski definition) is 5. The van der Waals surface area contributed by atoms with Crippen LogP contribution < -0.4 is 16.0 Å². The number of hydrogen-bond donors (Lipinski definition) is 4. The highest BCUT2D eigenvalue weighted by Crippen LogP contribution is 2.14. The Morgan fingerprint density at radius 2 is 1.90 bits per heavy atom. The van der Waals surface area contributed by atoms with E-state index in [0.29, 0.717) is 36.7 Å². The maximum Gasteiger partial charge on any atom is 0.296 e. The van der Waals surface area contributed by atoms with E-state index in [1.807, 2.05) is 18.3 Å². The Labute approximate surface area is 183 Å². The van der Waals surface area contributed by atoms with E-state index in [-0.39, 0.29) is 5.69 Å². The predicted octanol–water partition coefficient (Wildman–Crippen LogP) is 1.99. The molecule has 3 aromatic rings. The van der Waals surface area contributed by atoms with E-state index >= 15 is 0 Å². The number of rotatable bonds is 7. The van der Waals surface area contributed by atoms with Crippen LogP contribution in [0, 0.1) is 22.0 Å². The lowest BCUT2D eigenvalue weighted by Gasteiger charge is -2.11. The van der Waals surface area contributed by atoms with E-state index in [9.17, 15) is 14.9 Å². The molecule has 0 atom stereocenters. The number of non-ortho nitro benzene ring substituents is 1. The SMILES string of the molecule is O=C(C#Cc1ccc([N+](=O)[O-])cc1)NCCCNC(=S)NCc1ccnc2[nH]ccc12. The smallest absolute Gasteiger partial charge is 0.296 e. The zero-order valence-corrected chi connectivity index (χ0v) is 17.3. The van der Waals surface area contributed by atoms with Crippen LogP contribution in [0.15, 0.2) is 48.8 Å². The molecule has 2 aromatic heterocycles. The highest BCUT2D eigenvalue weighted by molar-refractivity contribution is 7.80. The third-order valence-electron chi connectivity index (χ3n) is 4.31. The first-order valence-electron chi connectivity index (χ1n) is 9.50. The quantitative estimate of drug-likeness (QED) is 0.147. The molecule has 10 heteroatoms. The molecule has 31 heavy (non-hydrogen) atoms. The van der Waals surface area contributed by atoms with Crippen LogP contribution in [0.1, 0.15) is 17.5 Å². The van der Waals surface area contributed by atoms with Crippen molar-refractivity contribution in [1.82, 2.24) is 25.9 Å². The van der Waals surface area contributed by atoms with Crippen molar-refractivity contribution >= 4 is 40.0 Å². The number of pyridine rings is 1. The second-order valence-corrected chi connectivity index (χ2v) is 6.89. The van der Waals surface area contributed by atoms with Crippen LogP contribution in [0.2, 0.25) is 0 Å². The molecule has 3 rings (SSSR count). The normalized spacial score (nSPS) is 10.1. The van der Waals surface area contributed by atoms with Gasteiger partial charge in [0, 0.05) is 61.0 Å². The van der Waals surface area contributed by atoms with Gasteiger partial charge in [-0.1, -0.05) is 5.92 Å². The number of fused-ring (bicyclic) bond motifs is 1. The number of nitro groups is 1. The summed E-state index contributed by atoms with van der Waals surface area (Å²) in [5.74, 6) is 4.73. The summed E-state index contributed by atoms with van der Waals surface area (Å²) in [6.45, 7) is 1.62. The van der Waals surface area contributed by atoms with Crippen molar-refractivity contribution in [3.05, 3.63) is 70.0 Å². The summed E-state index contributed by atoms with van der Waals surface area (Å²) in [6.07, 6.45) is 4.27. The minimum Gasteiger partial charge on any atom is -0.363 e. The monoisotopic (exact) mass is 436 g/mol. The minimum atomic E-state index is -0.487. The number of aromatic amines is 1. The lowest BCUT2D eigenvalue weighted by atomic mass is 10.2. The molecule has 0 unspecified atom stereocenters. The van der Waals surface area contributed by atoms with Gasteiger partial charge in [0.05, 0.1) is 4.92 Å². The summed E-state index contributed by atoms with van der Waals surface area (Å²) >= 11 is 5.28. The Kier molecular flexibility index (Phi) is 7.50. The van der Waals surface area contributed by atoms with Gasteiger partial charge in [-0.15, -0.1) is 0 Å². The van der Waals surface area contributed by atoms with E-state index in [4.69, 9.17) is 12.2 Å². The number of nitrogens with one attached hydrogen (secondary N) is 4. The highest BCUT2D eigenvalue weighted by Gasteiger charge is 2.04. The zero-order valence-electron chi connectivity index (χ0n) is 16.5. The van der Waals surface area contributed by atoms with Crippen molar-refractivity contribution in [1.29, 1.82) is 0 Å². The molecule has 0 aliphatic rings. The number of benzene rings is 1. The molecule has 0 saturated heterocycles. The molecule has 0 aliphatic carbocycles. The number of aromatic nitrogens is 2. The fraction of sp³-hybridized carbons (Fsp3) is 0.190. The fourth-order valence-electron chi connectivity index (χ4n) is 2.74. The van der Waals surface area contributed by atoms with Crippen LogP contribution in [-0.2, 0) is 11.3 Å². The molecular weight excluding hydrogens is 416 g/mol. The van der Waals surface area contributed by atoms with Gasteiger partial charge in [-0.05, 0) is 48.5 Å². The molecule has 158 valence electrons. The van der Waals surface area contributed by atoms with Gasteiger partial charge < -0.3 is 20.9 Å². The Morgan fingerprint density at radius 3 is 2.68 bits per heavy atom. The van der Waals surface area contributed by atoms with Crippen LogP contribution >= 0.6 is 12.2 Å². The molecule has 0 aliphatic heterocycles. The number of carbonyl (C=O) groups excluding carboxylic acids is 1. The summed E-state index contributed by atoms with van der Waals surface area (Å²) in [4.78, 5) is 29.2. The third kappa shape index (κ3) is 6.52. The van der Waals surface area contributed by atoms with E-state index in [1.165, 1.54) is 24.3 Å². The summed E-state index contributed by atoms with van der Waals surface area (Å²) in [5.41, 5.74) is 2.44. The van der Waals surface area contributed by atoms with E-state index in [0.717, 1.165) is 16.6 Å². The molecule has 9 nitrogen and oxygen atoms in total. The van der Waals surface area contributed by atoms with Crippen molar-refractivity contribution in [3.8, 4) is 11.8 Å². The van der Waals surface area contributed by atoms with Crippen molar-refractivity contribution in [2.45, 2.75) is 13.0 Å². The molecule has 0 spiro atoms. The Balaban J connectivity index is 1.32. The van der Waals surface area contributed by atoms with Crippen LogP contribution in [0.3, 0.4) is 0 Å². The van der Waals surface area contributed by atoms with E-state index < -0.39 is 10.8 Å². The van der Waals surface area contributed by atoms with Crippen molar-refractivity contribution < 1.29 is 9.72 Å². The maximum absolute atomic E-state index is 11.8. The zero-order chi connectivity index (χ0) is 22.1. The Bertz CT molecular complexity index is 1150. The summed E-state index contributed by atoms with van der Waals surface area (Å²) in [5, 5.41) is 21.1. The predicted molar refractivity (Wildman–Crippen MR) is 121 cm³/mol. The fourth-order valence-corrected chi connectivity index (χ4v) is 2.92. The first kappa shape index (κ1) is 21.7. The van der Waals surface area contributed by atoms with Gasteiger partial charge in [0.2, 0.25) is 0 Å². The van der Waals surface area contributed by atoms with Gasteiger partial charge in [0.15, 0.2) is 5.11 Å². The first-order chi connectivity index (χ1) is 15.0. The second-order valence-electron chi connectivity index (χ2n) is 6.48. The van der Waals surface area contributed by atoms with Crippen molar-refractivity contribution in [2.24, 2.45) is 0 Å². The molecule has 1 aromatic carbocycles. The van der Waals surface area contributed by atoms with Crippen LogP contribution in [0.4, 0.5) is 5.69 Å². The van der Waals surface area contributed by atoms with Crippen molar-refractivity contribution in [2.75, 3.05) is 13.1 Å². The molecule has 0 saturated carbocycles. The number of thiocarbonyl (C=S) groups is 1. The van der Waals surface area contributed by atoms with Crippen LogP contribution in [0.25, 0.3) is 11.0 Å². The maximum atomic E-state index is 11.8. The van der Waals surface area contributed by atoms with Gasteiger partial charge in [0.1, 0.15) is 5.65 Å². The molecular formula is C21H20N6O3S. The average Bonchev–Trinajstić information content (AvgIpc) is 3.26. The molecule has 2 heterocycles. The Hall–Kier alpha value is -3.97. The summed E-state index contributed by atoms with van der Waals surface area (Å²) < 4.78 is 0. The number of amides is 1.